The number of rotatable bonds is 2. The third-order valence-electron chi connectivity index (χ3n) is 6.15. The van der Waals surface area contributed by atoms with E-state index in [1.54, 1.807) is 0 Å². The first-order chi connectivity index (χ1) is 14.5. The molecule has 2 atom stereocenters. The second-order valence-corrected chi connectivity index (χ2v) is 8.85. The zero-order valence-electron chi connectivity index (χ0n) is 16.7. The van der Waals surface area contributed by atoms with Crippen LogP contribution in [0.1, 0.15) is 45.5 Å². The summed E-state index contributed by atoms with van der Waals surface area (Å²) in [5.74, 6) is 0. The minimum Gasteiger partial charge on any atom is -0.312 e. The van der Waals surface area contributed by atoms with Gasteiger partial charge in [-0.3, -0.25) is 0 Å². The van der Waals surface area contributed by atoms with Crippen molar-refractivity contribution in [3.63, 3.8) is 0 Å². The number of hydrogen-bond donors (Lipinski definition) is 1. The van der Waals surface area contributed by atoms with Crippen molar-refractivity contribution >= 4 is 34.0 Å². The highest BCUT2D eigenvalue weighted by atomic mass is 35.5. The highest BCUT2D eigenvalue weighted by Gasteiger charge is 2.38. The van der Waals surface area contributed by atoms with Crippen LogP contribution < -0.4 is 0 Å². The van der Waals surface area contributed by atoms with Crippen LogP contribution in [0.25, 0.3) is 10.8 Å². The van der Waals surface area contributed by atoms with E-state index in [1.165, 1.54) is 15.8 Å². The second kappa shape index (κ2) is 7.40. The van der Waals surface area contributed by atoms with Gasteiger partial charge in [-0.2, -0.15) is 5.06 Å². The monoisotopic (exact) mass is 433 g/mol. The predicted octanol–water partition coefficient (Wildman–Crippen LogP) is 7.65. The van der Waals surface area contributed by atoms with Gasteiger partial charge in [0.05, 0.1) is 12.1 Å². The van der Waals surface area contributed by atoms with Crippen LogP contribution in [0.4, 0.5) is 0 Å². The third-order valence-corrected chi connectivity index (χ3v) is 6.65. The van der Waals surface area contributed by atoms with E-state index < -0.39 is 0 Å². The van der Waals surface area contributed by atoms with E-state index in [0.717, 1.165) is 33.4 Å². The molecule has 0 fully saturated rings. The van der Waals surface area contributed by atoms with Crippen LogP contribution >= 0.6 is 23.2 Å². The molecular formula is C26H21Cl2NO. The Balaban J connectivity index is 1.86. The molecule has 5 rings (SSSR count). The van der Waals surface area contributed by atoms with E-state index in [9.17, 15) is 5.21 Å². The van der Waals surface area contributed by atoms with Gasteiger partial charge in [-0.05, 0) is 82.3 Å². The molecule has 1 N–H and O–H groups in total. The standard InChI is InChI=1S/C26H21Cl2NO/c1-15-3-5-17-6-4-16(2)23-24(17)22(15)25(18-7-11-20(27)12-8-18)29(30)26(23)19-9-13-21(28)14-10-19/h3-14,25-26,30H,1-2H3/t25-,26-/m0/s1. The van der Waals surface area contributed by atoms with Crippen LogP contribution in [-0.4, -0.2) is 10.3 Å². The summed E-state index contributed by atoms with van der Waals surface area (Å²) < 4.78 is 0. The summed E-state index contributed by atoms with van der Waals surface area (Å²) in [7, 11) is 0. The van der Waals surface area contributed by atoms with E-state index in [4.69, 9.17) is 23.2 Å². The van der Waals surface area contributed by atoms with Gasteiger partial charge in [0.15, 0.2) is 0 Å². The Kier molecular flexibility index (Phi) is 4.83. The molecule has 4 heteroatoms. The molecule has 4 aromatic carbocycles. The van der Waals surface area contributed by atoms with Gasteiger partial charge in [0.2, 0.25) is 0 Å². The maximum Gasteiger partial charge on any atom is 0.0869 e. The Morgan fingerprint density at radius 1 is 0.633 bits per heavy atom. The number of hydroxylamine groups is 2. The Bertz CT molecular complexity index is 1150. The lowest BCUT2D eigenvalue weighted by atomic mass is 9.78. The predicted molar refractivity (Wildman–Crippen MR) is 124 cm³/mol. The summed E-state index contributed by atoms with van der Waals surface area (Å²) in [6, 6.07) is 23.5. The number of nitrogens with zero attached hydrogens (tertiary/aromatic N) is 1. The summed E-state index contributed by atoms with van der Waals surface area (Å²) in [6.07, 6.45) is 0. The molecule has 0 radical (unpaired) electrons. The lowest BCUT2D eigenvalue weighted by molar-refractivity contribution is -0.144. The van der Waals surface area contributed by atoms with Gasteiger partial charge < -0.3 is 5.21 Å². The molecule has 0 bridgehead atoms. The van der Waals surface area contributed by atoms with Gasteiger partial charge >= 0.3 is 0 Å². The molecule has 0 amide bonds. The van der Waals surface area contributed by atoms with E-state index in [0.29, 0.717) is 10.0 Å². The molecule has 0 saturated heterocycles. The van der Waals surface area contributed by atoms with Crippen LogP contribution in [0.2, 0.25) is 10.0 Å². The van der Waals surface area contributed by atoms with Crippen molar-refractivity contribution in [1.29, 1.82) is 0 Å². The van der Waals surface area contributed by atoms with Crippen molar-refractivity contribution in [2.45, 2.75) is 25.9 Å². The summed E-state index contributed by atoms with van der Waals surface area (Å²) in [4.78, 5) is 0. The van der Waals surface area contributed by atoms with Crippen molar-refractivity contribution < 1.29 is 5.21 Å². The second-order valence-electron chi connectivity index (χ2n) is 7.98. The number of benzene rings is 4. The van der Waals surface area contributed by atoms with Gasteiger partial charge in [-0.15, -0.1) is 0 Å². The molecular weight excluding hydrogens is 413 g/mol. The molecule has 1 heterocycles. The van der Waals surface area contributed by atoms with Crippen LogP contribution in [0.15, 0.2) is 72.8 Å². The Morgan fingerprint density at radius 2 is 1.03 bits per heavy atom. The molecule has 0 unspecified atom stereocenters. The average molecular weight is 434 g/mol. The van der Waals surface area contributed by atoms with Crippen molar-refractivity contribution in [1.82, 2.24) is 5.06 Å². The van der Waals surface area contributed by atoms with Crippen LogP contribution in [0.5, 0.6) is 0 Å². The molecule has 1 aliphatic heterocycles. The van der Waals surface area contributed by atoms with Gasteiger partial charge in [-0.1, -0.05) is 71.7 Å². The Hall–Kier alpha value is -2.36. The van der Waals surface area contributed by atoms with Crippen LogP contribution in [0, 0.1) is 13.8 Å². The third kappa shape index (κ3) is 3.03. The van der Waals surface area contributed by atoms with E-state index >= 15 is 0 Å². The number of hydrogen-bond acceptors (Lipinski definition) is 2. The van der Waals surface area contributed by atoms with Crippen LogP contribution in [0.3, 0.4) is 0 Å². The molecule has 0 aromatic heterocycles. The quantitative estimate of drug-likeness (QED) is 0.350. The largest absolute Gasteiger partial charge is 0.312 e. The molecule has 2 nitrogen and oxygen atoms in total. The zero-order valence-corrected chi connectivity index (χ0v) is 18.2. The average Bonchev–Trinajstić information content (AvgIpc) is 2.74. The van der Waals surface area contributed by atoms with E-state index in [2.05, 4.69) is 38.1 Å². The first-order valence-electron chi connectivity index (χ1n) is 9.96. The lowest BCUT2D eigenvalue weighted by Gasteiger charge is -2.41. The fourth-order valence-corrected chi connectivity index (χ4v) is 4.98. The highest BCUT2D eigenvalue weighted by Crippen LogP contribution is 2.49. The summed E-state index contributed by atoms with van der Waals surface area (Å²) in [5, 5.41) is 16.9. The van der Waals surface area contributed by atoms with Crippen molar-refractivity contribution in [2.75, 3.05) is 0 Å². The van der Waals surface area contributed by atoms with Gasteiger partial charge in [-0.25, -0.2) is 0 Å². The molecule has 4 aromatic rings. The molecule has 1 aliphatic rings. The first-order valence-corrected chi connectivity index (χ1v) is 10.7. The highest BCUT2D eigenvalue weighted by molar-refractivity contribution is 6.30. The minimum absolute atomic E-state index is 0.305. The lowest BCUT2D eigenvalue weighted by Crippen LogP contribution is -2.36. The van der Waals surface area contributed by atoms with Crippen molar-refractivity contribution in [3.8, 4) is 0 Å². The topological polar surface area (TPSA) is 23.5 Å². The van der Waals surface area contributed by atoms with E-state index in [1.807, 2.05) is 48.5 Å². The fraction of sp³-hybridized carbons (Fsp3) is 0.154. The molecule has 30 heavy (non-hydrogen) atoms. The van der Waals surface area contributed by atoms with Crippen molar-refractivity contribution in [2.24, 2.45) is 0 Å². The molecule has 0 spiro atoms. The zero-order chi connectivity index (χ0) is 21.0. The van der Waals surface area contributed by atoms with Gasteiger partial charge in [0.25, 0.3) is 0 Å². The fourth-order valence-electron chi connectivity index (χ4n) is 4.73. The minimum atomic E-state index is -0.305. The molecule has 0 aliphatic carbocycles. The van der Waals surface area contributed by atoms with Crippen molar-refractivity contribution in [3.05, 3.63) is 116 Å². The van der Waals surface area contributed by atoms with E-state index in [-0.39, 0.29) is 12.1 Å². The Labute approximate surface area is 186 Å². The molecule has 150 valence electrons. The normalized spacial score (nSPS) is 18.7. The summed E-state index contributed by atoms with van der Waals surface area (Å²) >= 11 is 12.3. The Morgan fingerprint density at radius 3 is 1.43 bits per heavy atom. The SMILES string of the molecule is Cc1ccc2ccc(C)c3c2c1[C@H](c1ccc(Cl)cc1)N(O)[C@H]3c1ccc(Cl)cc1. The number of halogens is 2. The summed E-state index contributed by atoms with van der Waals surface area (Å²) in [5.41, 5.74) is 6.60. The first kappa shape index (κ1) is 19.6. The summed E-state index contributed by atoms with van der Waals surface area (Å²) in [6.45, 7) is 4.22. The maximum atomic E-state index is 11.7. The smallest absolute Gasteiger partial charge is 0.0869 e. The van der Waals surface area contributed by atoms with Gasteiger partial charge in [0, 0.05) is 10.0 Å². The molecule has 0 saturated carbocycles. The van der Waals surface area contributed by atoms with Gasteiger partial charge in [0.1, 0.15) is 0 Å². The van der Waals surface area contributed by atoms with Crippen LogP contribution in [-0.2, 0) is 0 Å². The number of aryl methyl sites for hydroxylation is 2. The maximum absolute atomic E-state index is 11.7.